The summed E-state index contributed by atoms with van der Waals surface area (Å²) in [6.45, 7) is 6.92. The van der Waals surface area contributed by atoms with Gasteiger partial charge in [-0.1, -0.05) is 12.1 Å². The van der Waals surface area contributed by atoms with Crippen LogP contribution in [0.3, 0.4) is 0 Å². The molecule has 168 valence electrons. The van der Waals surface area contributed by atoms with Gasteiger partial charge < -0.3 is 19.3 Å². The molecule has 0 heterocycles. The summed E-state index contributed by atoms with van der Waals surface area (Å²) in [4.78, 5) is 38.6. The largest absolute Gasteiger partial charge is 0.506 e. The maximum atomic E-state index is 13.2. The van der Waals surface area contributed by atoms with Crippen LogP contribution in [0.4, 0.5) is 10.5 Å². The van der Waals surface area contributed by atoms with Crippen LogP contribution in [0.15, 0.2) is 30.3 Å². The first-order chi connectivity index (χ1) is 15.0. The zero-order chi connectivity index (χ0) is 23.8. The molecule has 2 aromatic carbocycles. The van der Waals surface area contributed by atoms with Gasteiger partial charge in [0.15, 0.2) is 0 Å². The number of Topliss-reactive ketones (excluding diaryl/α,β-unsaturated/α-hetero) is 2. The fourth-order valence-electron chi connectivity index (χ4n) is 3.52. The molecule has 0 spiro atoms. The maximum absolute atomic E-state index is 13.2. The van der Waals surface area contributed by atoms with Gasteiger partial charge in [-0.2, -0.15) is 0 Å². The molecule has 0 aromatic heterocycles. The van der Waals surface area contributed by atoms with Gasteiger partial charge in [0.2, 0.25) is 11.6 Å². The fraction of sp³-hybridized carbons (Fsp3) is 0.292. The minimum Gasteiger partial charge on any atom is -0.506 e. The second-order valence-electron chi connectivity index (χ2n) is 8.28. The van der Waals surface area contributed by atoms with E-state index in [9.17, 15) is 19.5 Å². The van der Waals surface area contributed by atoms with Crippen molar-refractivity contribution in [1.82, 2.24) is 0 Å². The van der Waals surface area contributed by atoms with Crippen LogP contribution >= 0.6 is 0 Å². The predicted molar refractivity (Wildman–Crippen MR) is 119 cm³/mol. The number of rotatable bonds is 4. The summed E-state index contributed by atoms with van der Waals surface area (Å²) in [5.41, 5.74) is 0.0420. The van der Waals surface area contributed by atoms with E-state index in [-0.39, 0.29) is 39.4 Å². The molecule has 3 rings (SSSR count). The van der Waals surface area contributed by atoms with Gasteiger partial charge >= 0.3 is 6.09 Å². The lowest BCUT2D eigenvalue weighted by Crippen LogP contribution is -2.28. The van der Waals surface area contributed by atoms with E-state index in [4.69, 9.17) is 14.2 Å². The normalized spacial score (nSPS) is 13.6. The molecule has 2 N–H and O–H groups in total. The summed E-state index contributed by atoms with van der Waals surface area (Å²) in [6.07, 6.45) is -0.761. The Morgan fingerprint density at radius 3 is 2.22 bits per heavy atom. The van der Waals surface area contributed by atoms with Crippen molar-refractivity contribution in [1.29, 1.82) is 0 Å². The Kier molecular flexibility index (Phi) is 5.98. The first-order valence-electron chi connectivity index (χ1n) is 9.87. The summed E-state index contributed by atoms with van der Waals surface area (Å²) < 4.78 is 16.0. The number of anilines is 1. The van der Waals surface area contributed by atoms with Crippen molar-refractivity contribution >= 4 is 34.7 Å². The Balaban J connectivity index is 2.27. The molecule has 0 radical (unpaired) electrons. The monoisotopic (exact) mass is 439 g/mol. The summed E-state index contributed by atoms with van der Waals surface area (Å²) in [7, 11) is 2.76. The van der Waals surface area contributed by atoms with E-state index in [0.29, 0.717) is 5.56 Å². The Morgan fingerprint density at radius 1 is 0.969 bits per heavy atom. The number of fused-ring (bicyclic) bond motifs is 1. The number of ketones is 2. The number of amides is 1. The first kappa shape index (κ1) is 22.9. The van der Waals surface area contributed by atoms with Crippen LogP contribution in [0, 0.1) is 6.92 Å². The number of aliphatic hydroxyl groups is 1. The number of hydrogen-bond donors (Lipinski definition) is 2. The molecule has 0 bridgehead atoms. The highest BCUT2D eigenvalue weighted by Gasteiger charge is 2.38. The van der Waals surface area contributed by atoms with Gasteiger partial charge in [0, 0.05) is 5.56 Å². The molecule has 0 aliphatic heterocycles. The van der Waals surface area contributed by atoms with Crippen LogP contribution in [0.1, 0.15) is 47.8 Å². The highest BCUT2D eigenvalue weighted by Crippen LogP contribution is 2.43. The smallest absolute Gasteiger partial charge is 0.412 e. The third kappa shape index (κ3) is 4.16. The van der Waals surface area contributed by atoms with Gasteiger partial charge in [-0.25, -0.2) is 4.79 Å². The number of benzene rings is 2. The topological polar surface area (TPSA) is 111 Å². The van der Waals surface area contributed by atoms with Crippen molar-refractivity contribution in [2.24, 2.45) is 0 Å². The quantitative estimate of drug-likeness (QED) is 0.672. The van der Waals surface area contributed by atoms with Gasteiger partial charge in [-0.15, -0.1) is 0 Å². The molecule has 0 saturated heterocycles. The van der Waals surface area contributed by atoms with E-state index in [2.05, 4.69) is 5.32 Å². The van der Waals surface area contributed by atoms with Crippen molar-refractivity contribution in [3.05, 3.63) is 52.6 Å². The van der Waals surface area contributed by atoms with Crippen LogP contribution in [0.25, 0.3) is 11.3 Å². The Labute approximate surface area is 185 Å². The summed E-state index contributed by atoms with van der Waals surface area (Å²) in [5, 5.41) is 13.7. The zero-order valence-electron chi connectivity index (χ0n) is 18.8. The maximum Gasteiger partial charge on any atom is 0.412 e. The van der Waals surface area contributed by atoms with Crippen molar-refractivity contribution in [3.8, 4) is 11.5 Å². The Morgan fingerprint density at radius 2 is 1.62 bits per heavy atom. The Hall–Kier alpha value is -3.81. The molecule has 8 nitrogen and oxygen atoms in total. The molecule has 1 amide bonds. The van der Waals surface area contributed by atoms with Gasteiger partial charge in [-0.3, -0.25) is 14.9 Å². The second-order valence-corrected chi connectivity index (χ2v) is 8.28. The zero-order valence-corrected chi connectivity index (χ0v) is 18.8. The molecule has 1 aliphatic rings. The SMILES string of the molecule is COc1cc(C)cc(NC(=O)OC(C)(C)C)c1C1=C(O)c2cccc(OC)c2C(=O)C1=O. The molecular weight excluding hydrogens is 414 g/mol. The number of carbonyl (C=O) groups is 3. The molecule has 0 unspecified atom stereocenters. The molecule has 8 heteroatoms. The summed E-state index contributed by atoms with van der Waals surface area (Å²) in [6, 6.07) is 7.87. The number of ether oxygens (including phenoxy) is 3. The van der Waals surface area contributed by atoms with E-state index in [1.54, 1.807) is 45.9 Å². The van der Waals surface area contributed by atoms with Crippen LogP contribution in [0.5, 0.6) is 11.5 Å². The average Bonchev–Trinajstić information content (AvgIpc) is 2.71. The van der Waals surface area contributed by atoms with Gasteiger partial charge in [0.05, 0.1) is 36.6 Å². The summed E-state index contributed by atoms with van der Waals surface area (Å²) >= 11 is 0. The highest BCUT2D eigenvalue weighted by atomic mass is 16.6. The number of carbonyl (C=O) groups excluding carboxylic acids is 3. The molecule has 0 fully saturated rings. The standard InChI is InChI=1S/C24H25NO7/c1-12-10-14(25-23(29)32-24(2,3)4)18(16(11-12)31-6)19-20(26)13-8-7-9-15(30-5)17(13)21(27)22(19)28/h7-11,26H,1-6H3,(H,25,29). The van der Waals surface area contributed by atoms with Gasteiger partial charge in [0.1, 0.15) is 22.9 Å². The van der Waals surface area contributed by atoms with Crippen molar-refractivity contribution in [3.63, 3.8) is 0 Å². The molecule has 2 aromatic rings. The number of aliphatic hydroxyl groups excluding tert-OH is 1. The van der Waals surface area contributed by atoms with Gasteiger partial charge in [-0.05, 0) is 51.5 Å². The highest BCUT2D eigenvalue weighted by molar-refractivity contribution is 6.63. The average molecular weight is 439 g/mol. The number of nitrogens with one attached hydrogen (secondary N) is 1. The van der Waals surface area contributed by atoms with Crippen molar-refractivity contribution < 1.29 is 33.7 Å². The van der Waals surface area contributed by atoms with Crippen LogP contribution in [0.2, 0.25) is 0 Å². The van der Waals surface area contributed by atoms with Crippen molar-refractivity contribution in [2.75, 3.05) is 19.5 Å². The predicted octanol–water partition coefficient (Wildman–Crippen LogP) is 4.55. The van der Waals surface area contributed by atoms with E-state index < -0.39 is 29.0 Å². The lowest BCUT2D eigenvalue weighted by molar-refractivity contribution is -0.110. The van der Waals surface area contributed by atoms with Crippen LogP contribution < -0.4 is 14.8 Å². The third-order valence-electron chi connectivity index (χ3n) is 4.75. The van der Waals surface area contributed by atoms with Crippen LogP contribution in [-0.2, 0) is 9.53 Å². The molecule has 0 atom stereocenters. The second kappa shape index (κ2) is 8.37. The minimum atomic E-state index is -0.950. The molecule has 1 aliphatic carbocycles. The molecule has 32 heavy (non-hydrogen) atoms. The lowest BCUT2D eigenvalue weighted by Gasteiger charge is -2.24. The summed E-state index contributed by atoms with van der Waals surface area (Å²) in [5.74, 6) is -1.83. The number of methoxy groups -OCH3 is 2. The van der Waals surface area contributed by atoms with Crippen LogP contribution in [-0.4, -0.2) is 42.6 Å². The van der Waals surface area contributed by atoms with Crippen molar-refractivity contribution in [2.45, 2.75) is 33.3 Å². The van der Waals surface area contributed by atoms with E-state index in [0.717, 1.165) is 0 Å². The fourth-order valence-corrected chi connectivity index (χ4v) is 3.52. The van der Waals surface area contributed by atoms with E-state index in [1.165, 1.54) is 26.4 Å². The van der Waals surface area contributed by atoms with E-state index >= 15 is 0 Å². The third-order valence-corrected chi connectivity index (χ3v) is 4.75. The molecule has 0 saturated carbocycles. The number of allylic oxidation sites excluding steroid dienone is 1. The van der Waals surface area contributed by atoms with Gasteiger partial charge in [0.25, 0.3) is 0 Å². The number of hydrogen-bond acceptors (Lipinski definition) is 7. The number of aryl methyl sites for hydroxylation is 1. The molecular formula is C24H25NO7. The van der Waals surface area contributed by atoms with E-state index in [1.807, 2.05) is 0 Å². The Bertz CT molecular complexity index is 1160. The minimum absolute atomic E-state index is 0.0195. The first-order valence-corrected chi connectivity index (χ1v) is 9.87. The lowest BCUT2D eigenvalue weighted by atomic mass is 9.83.